The van der Waals surface area contributed by atoms with E-state index in [1.54, 1.807) is 11.8 Å². The molecule has 5 heteroatoms. The summed E-state index contributed by atoms with van der Waals surface area (Å²) in [6.45, 7) is 13.5. The number of likely N-dealkylation sites (N-methyl/N-ethyl adjacent to an activating group) is 1. The van der Waals surface area contributed by atoms with Gasteiger partial charge in [-0.3, -0.25) is 4.79 Å². The fourth-order valence-corrected chi connectivity index (χ4v) is 4.45. The first-order valence-electron chi connectivity index (χ1n) is 9.04. The summed E-state index contributed by atoms with van der Waals surface area (Å²) in [5.41, 5.74) is 3.36. The van der Waals surface area contributed by atoms with E-state index < -0.39 is 0 Å². The molecule has 0 unspecified atom stereocenters. The van der Waals surface area contributed by atoms with Crippen LogP contribution >= 0.6 is 11.8 Å². The first-order valence-corrected chi connectivity index (χ1v) is 10.0. The summed E-state index contributed by atoms with van der Waals surface area (Å²) in [7, 11) is 0. The molecule has 134 valence electrons. The van der Waals surface area contributed by atoms with Crippen LogP contribution in [-0.2, 0) is 4.79 Å². The second kappa shape index (κ2) is 8.75. The third kappa shape index (κ3) is 4.65. The van der Waals surface area contributed by atoms with Crippen LogP contribution in [0.3, 0.4) is 0 Å². The van der Waals surface area contributed by atoms with Gasteiger partial charge < -0.3 is 9.47 Å². The number of aromatic nitrogens is 2. The molecule has 1 aliphatic carbocycles. The van der Waals surface area contributed by atoms with Crippen LogP contribution in [-0.4, -0.2) is 39.2 Å². The standard InChI is InChI=1S/C19H31N3OS/c1-6-21(12-14(2)3)18(23)13-24-19-20-15(4)16(5)22(19)17-10-8-7-9-11-17/h17H,2,6-13H2,1,3-5H3. The summed E-state index contributed by atoms with van der Waals surface area (Å²) < 4.78 is 2.39. The van der Waals surface area contributed by atoms with Crippen LogP contribution in [0.5, 0.6) is 0 Å². The monoisotopic (exact) mass is 349 g/mol. The summed E-state index contributed by atoms with van der Waals surface area (Å²) in [5, 5.41) is 1.01. The molecule has 0 bridgehead atoms. The quantitative estimate of drug-likeness (QED) is 0.536. The number of amides is 1. The molecule has 24 heavy (non-hydrogen) atoms. The summed E-state index contributed by atoms with van der Waals surface area (Å²) in [4.78, 5) is 19.1. The van der Waals surface area contributed by atoms with Crippen LogP contribution in [0.4, 0.5) is 0 Å². The minimum Gasteiger partial charge on any atom is -0.338 e. The van der Waals surface area contributed by atoms with Gasteiger partial charge in [0, 0.05) is 24.8 Å². The molecule has 1 amide bonds. The van der Waals surface area contributed by atoms with Crippen molar-refractivity contribution >= 4 is 17.7 Å². The van der Waals surface area contributed by atoms with Gasteiger partial charge in [-0.1, -0.05) is 43.2 Å². The van der Waals surface area contributed by atoms with E-state index in [2.05, 4.69) is 25.0 Å². The molecule has 4 nitrogen and oxygen atoms in total. The number of hydrogen-bond donors (Lipinski definition) is 0. The van der Waals surface area contributed by atoms with Crippen molar-refractivity contribution in [3.63, 3.8) is 0 Å². The van der Waals surface area contributed by atoms with E-state index >= 15 is 0 Å². The lowest BCUT2D eigenvalue weighted by Gasteiger charge is -2.26. The summed E-state index contributed by atoms with van der Waals surface area (Å²) >= 11 is 1.59. The van der Waals surface area contributed by atoms with Crippen LogP contribution < -0.4 is 0 Å². The van der Waals surface area contributed by atoms with Gasteiger partial charge in [0.2, 0.25) is 5.91 Å². The van der Waals surface area contributed by atoms with E-state index in [-0.39, 0.29) is 5.91 Å². The number of carbonyl (C=O) groups is 1. The molecule has 0 atom stereocenters. The molecule has 1 saturated carbocycles. The maximum Gasteiger partial charge on any atom is 0.233 e. The first kappa shape index (κ1) is 19.1. The zero-order chi connectivity index (χ0) is 17.7. The van der Waals surface area contributed by atoms with E-state index in [4.69, 9.17) is 4.98 Å². The summed E-state index contributed by atoms with van der Waals surface area (Å²) in [6, 6.07) is 0.551. The average Bonchev–Trinajstić information content (AvgIpc) is 2.85. The van der Waals surface area contributed by atoms with Gasteiger partial charge in [0.25, 0.3) is 0 Å². The van der Waals surface area contributed by atoms with Gasteiger partial charge in [0.15, 0.2) is 5.16 Å². The third-order valence-electron chi connectivity index (χ3n) is 4.81. The van der Waals surface area contributed by atoms with Gasteiger partial charge >= 0.3 is 0 Å². The number of aryl methyl sites for hydroxylation is 1. The van der Waals surface area contributed by atoms with E-state index in [1.807, 2.05) is 18.7 Å². The summed E-state index contributed by atoms with van der Waals surface area (Å²) in [6.07, 6.45) is 6.40. The van der Waals surface area contributed by atoms with Gasteiger partial charge in [0.1, 0.15) is 0 Å². The Bertz CT molecular complexity index is 588. The van der Waals surface area contributed by atoms with Crippen LogP contribution in [0.1, 0.15) is 63.4 Å². The smallest absolute Gasteiger partial charge is 0.233 e. The van der Waals surface area contributed by atoms with Crippen LogP contribution in [0.15, 0.2) is 17.3 Å². The van der Waals surface area contributed by atoms with Crippen molar-refractivity contribution in [2.75, 3.05) is 18.8 Å². The first-order chi connectivity index (χ1) is 11.4. The van der Waals surface area contributed by atoms with Crippen LogP contribution in [0.25, 0.3) is 0 Å². The zero-order valence-corrected chi connectivity index (χ0v) is 16.4. The van der Waals surface area contributed by atoms with Gasteiger partial charge in [-0.15, -0.1) is 0 Å². The van der Waals surface area contributed by atoms with Crippen molar-refractivity contribution < 1.29 is 4.79 Å². The highest BCUT2D eigenvalue weighted by Gasteiger charge is 2.23. The predicted octanol–water partition coefficient (Wildman–Crippen LogP) is 4.52. The molecular weight excluding hydrogens is 318 g/mol. The fourth-order valence-electron chi connectivity index (χ4n) is 3.39. The number of rotatable bonds is 7. The zero-order valence-electron chi connectivity index (χ0n) is 15.6. The molecule has 1 aliphatic rings. The molecule has 0 radical (unpaired) electrons. The molecule has 0 saturated heterocycles. The Morgan fingerprint density at radius 1 is 1.33 bits per heavy atom. The number of hydrogen-bond acceptors (Lipinski definition) is 3. The Morgan fingerprint density at radius 3 is 2.58 bits per heavy atom. The maximum absolute atomic E-state index is 12.5. The Morgan fingerprint density at radius 2 is 2.00 bits per heavy atom. The van der Waals surface area contributed by atoms with Gasteiger partial charge in [-0.05, 0) is 40.5 Å². The predicted molar refractivity (Wildman–Crippen MR) is 102 cm³/mol. The van der Waals surface area contributed by atoms with Crippen molar-refractivity contribution in [2.24, 2.45) is 0 Å². The second-order valence-electron chi connectivity index (χ2n) is 6.88. The second-order valence-corrected chi connectivity index (χ2v) is 7.82. The number of imidazole rings is 1. The number of nitrogens with zero attached hydrogens (tertiary/aromatic N) is 3. The van der Waals surface area contributed by atoms with Crippen molar-refractivity contribution in [1.82, 2.24) is 14.5 Å². The molecule has 1 heterocycles. The van der Waals surface area contributed by atoms with E-state index in [1.165, 1.54) is 37.8 Å². The summed E-state index contributed by atoms with van der Waals surface area (Å²) in [5.74, 6) is 0.614. The minimum atomic E-state index is 0.166. The van der Waals surface area contributed by atoms with Gasteiger partial charge in [-0.25, -0.2) is 4.98 Å². The Labute approximate surface area is 150 Å². The van der Waals surface area contributed by atoms with Gasteiger partial charge in [0.05, 0.1) is 11.4 Å². The Hall–Kier alpha value is -1.23. The van der Waals surface area contributed by atoms with Crippen molar-refractivity contribution in [3.05, 3.63) is 23.5 Å². The molecule has 1 fully saturated rings. The lowest BCUT2D eigenvalue weighted by Crippen LogP contribution is -2.33. The highest BCUT2D eigenvalue weighted by Crippen LogP contribution is 2.34. The molecule has 1 aromatic heterocycles. The number of thioether (sulfide) groups is 1. The average molecular weight is 350 g/mol. The van der Waals surface area contributed by atoms with Crippen LogP contribution in [0.2, 0.25) is 0 Å². The Balaban J connectivity index is 2.08. The SMILES string of the molecule is C=C(C)CN(CC)C(=O)CSc1nc(C)c(C)n1C1CCCCC1. The maximum atomic E-state index is 12.5. The Kier molecular flexibility index (Phi) is 6.96. The molecule has 2 rings (SSSR count). The normalized spacial score (nSPS) is 15.5. The van der Waals surface area contributed by atoms with Crippen LogP contribution in [0, 0.1) is 13.8 Å². The molecule has 1 aromatic rings. The van der Waals surface area contributed by atoms with Gasteiger partial charge in [-0.2, -0.15) is 0 Å². The minimum absolute atomic E-state index is 0.166. The highest BCUT2D eigenvalue weighted by molar-refractivity contribution is 7.99. The van der Waals surface area contributed by atoms with E-state index in [9.17, 15) is 4.79 Å². The molecular formula is C19H31N3OS. The molecule has 0 spiro atoms. The third-order valence-corrected chi connectivity index (χ3v) is 5.75. The van der Waals surface area contributed by atoms with Crippen molar-refractivity contribution in [3.8, 4) is 0 Å². The van der Waals surface area contributed by atoms with Crippen molar-refractivity contribution in [1.29, 1.82) is 0 Å². The highest BCUT2D eigenvalue weighted by atomic mass is 32.2. The fraction of sp³-hybridized carbons (Fsp3) is 0.684. The number of carbonyl (C=O) groups excluding carboxylic acids is 1. The van der Waals surface area contributed by atoms with E-state index in [0.29, 0.717) is 18.3 Å². The lowest BCUT2D eigenvalue weighted by molar-refractivity contribution is -0.127. The topological polar surface area (TPSA) is 38.1 Å². The lowest BCUT2D eigenvalue weighted by atomic mass is 9.95. The van der Waals surface area contributed by atoms with Crippen molar-refractivity contribution in [2.45, 2.75) is 71.0 Å². The largest absolute Gasteiger partial charge is 0.338 e. The molecule has 0 N–H and O–H groups in total. The molecule has 0 aromatic carbocycles. The molecule has 0 aliphatic heterocycles. The van der Waals surface area contributed by atoms with E-state index in [0.717, 1.165) is 23.0 Å².